The highest BCUT2D eigenvalue weighted by molar-refractivity contribution is 9.10. The van der Waals surface area contributed by atoms with Crippen LogP contribution in [0.4, 0.5) is 0 Å². The molecule has 2 N–H and O–H groups in total. The van der Waals surface area contributed by atoms with Crippen LogP contribution in [0.5, 0.6) is 17.2 Å². The molecule has 0 bridgehead atoms. The molecule has 0 fully saturated rings. The lowest BCUT2D eigenvalue weighted by Crippen LogP contribution is -2.42. The number of aliphatic carboxylic acids is 1. The molecule has 0 aliphatic carbocycles. The number of benzene rings is 3. The normalized spacial score (nSPS) is 11.2. The second kappa shape index (κ2) is 12.1. The van der Waals surface area contributed by atoms with Crippen LogP contribution in [0.3, 0.4) is 0 Å². The van der Waals surface area contributed by atoms with Crippen molar-refractivity contribution in [2.24, 2.45) is 0 Å². The molecule has 0 aliphatic heterocycles. The first-order chi connectivity index (χ1) is 17.3. The lowest BCUT2D eigenvalue weighted by Gasteiger charge is -2.17. The Morgan fingerprint density at radius 2 is 1.69 bits per heavy atom. The second-order valence-corrected chi connectivity index (χ2v) is 8.56. The van der Waals surface area contributed by atoms with Crippen LogP contribution < -0.4 is 19.5 Å². The van der Waals surface area contributed by atoms with Gasteiger partial charge in [0, 0.05) is 10.9 Å². The van der Waals surface area contributed by atoms with Crippen LogP contribution in [0.1, 0.15) is 28.4 Å². The minimum Gasteiger partial charge on any atom is -0.496 e. The molecule has 1 amide bonds. The number of amides is 1. The van der Waals surface area contributed by atoms with E-state index in [2.05, 4.69) is 27.3 Å². The molecule has 0 heterocycles. The summed E-state index contributed by atoms with van der Waals surface area (Å²) in [5.74, 6) is -0.204. The number of rotatable bonds is 10. The van der Waals surface area contributed by atoms with Crippen LogP contribution in [-0.2, 0) is 11.2 Å². The number of carbonyl (C=O) groups is 2. The zero-order valence-corrected chi connectivity index (χ0v) is 21.6. The van der Waals surface area contributed by atoms with Crippen molar-refractivity contribution in [1.82, 2.24) is 5.32 Å². The van der Waals surface area contributed by atoms with Gasteiger partial charge in [-0.2, -0.15) is 5.26 Å². The van der Waals surface area contributed by atoms with Crippen molar-refractivity contribution in [3.8, 4) is 34.4 Å². The molecular formula is C27H25BrN2O6. The number of ether oxygens (including phenoxy) is 3. The first-order valence-corrected chi connectivity index (χ1v) is 11.8. The maximum Gasteiger partial charge on any atom is 0.326 e. The Morgan fingerprint density at radius 1 is 1.06 bits per heavy atom. The number of hydrogen-bond donors (Lipinski definition) is 2. The molecular weight excluding hydrogens is 528 g/mol. The third kappa shape index (κ3) is 6.15. The van der Waals surface area contributed by atoms with Crippen LogP contribution in [0, 0.1) is 11.3 Å². The standard InChI is InChI=1S/C27H25BrN2O6/c1-4-36-19-9-10-21(28)20(14-19)26(31)30-22(27(32)33)11-16-5-7-18(8-6-16)25-23(34-2)12-17(15-29)13-24(25)35-3/h5-10,12-14,22H,4,11H2,1-3H3,(H,30,31)(H,32,33). The highest BCUT2D eigenvalue weighted by Gasteiger charge is 2.23. The number of halogens is 1. The SMILES string of the molecule is CCOc1ccc(Br)c(C(=O)NC(Cc2ccc(-c3c(OC)cc(C#N)cc3OC)cc2)C(=O)O)c1. The number of carboxylic acid groups (broad SMARTS) is 1. The monoisotopic (exact) mass is 552 g/mol. The van der Waals surface area contributed by atoms with Crippen molar-refractivity contribution in [1.29, 1.82) is 5.26 Å². The van der Waals surface area contributed by atoms with Gasteiger partial charge in [0.2, 0.25) is 0 Å². The summed E-state index contributed by atoms with van der Waals surface area (Å²) in [6.45, 7) is 2.28. The number of carbonyl (C=O) groups excluding carboxylic acids is 1. The Balaban J connectivity index is 1.83. The number of nitrogens with one attached hydrogen (secondary N) is 1. The van der Waals surface area contributed by atoms with E-state index in [4.69, 9.17) is 14.2 Å². The van der Waals surface area contributed by atoms with E-state index in [9.17, 15) is 20.0 Å². The molecule has 1 unspecified atom stereocenters. The Kier molecular flexibility index (Phi) is 8.92. The van der Waals surface area contributed by atoms with Crippen LogP contribution in [0.2, 0.25) is 0 Å². The van der Waals surface area contributed by atoms with Gasteiger partial charge in [-0.25, -0.2) is 4.79 Å². The van der Waals surface area contributed by atoms with Gasteiger partial charge in [-0.05, 0) is 64.3 Å². The third-order valence-electron chi connectivity index (χ3n) is 5.41. The summed E-state index contributed by atoms with van der Waals surface area (Å²) in [7, 11) is 3.02. The smallest absolute Gasteiger partial charge is 0.326 e. The molecule has 3 rings (SSSR count). The predicted octanol–water partition coefficient (Wildman–Crippen LogP) is 4.83. The van der Waals surface area contributed by atoms with Gasteiger partial charge in [-0.3, -0.25) is 4.79 Å². The van der Waals surface area contributed by atoms with Crippen molar-refractivity contribution < 1.29 is 28.9 Å². The molecule has 3 aromatic rings. The number of nitrogens with zero attached hydrogens (tertiary/aromatic N) is 1. The van der Waals surface area contributed by atoms with E-state index in [1.165, 1.54) is 14.2 Å². The summed E-state index contributed by atoms with van der Waals surface area (Å²) in [6.07, 6.45) is 0.0752. The van der Waals surface area contributed by atoms with Crippen molar-refractivity contribution in [3.05, 3.63) is 75.8 Å². The number of methoxy groups -OCH3 is 2. The van der Waals surface area contributed by atoms with Crippen molar-refractivity contribution in [2.75, 3.05) is 20.8 Å². The maximum absolute atomic E-state index is 12.8. The third-order valence-corrected chi connectivity index (χ3v) is 6.11. The predicted molar refractivity (Wildman–Crippen MR) is 138 cm³/mol. The Morgan fingerprint density at radius 3 is 2.22 bits per heavy atom. The number of nitriles is 1. The van der Waals surface area contributed by atoms with Crippen molar-refractivity contribution >= 4 is 27.8 Å². The topological polar surface area (TPSA) is 118 Å². The van der Waals surface area contributed by atoms with Crippen LogP contribution in [-0.4, -0.2) is 43.9 Å². The first kappa shape index (κ1) is 26.6. The van der Waals surface area contributed by atoms with Gasteiger partial charge in [-0.1, -0.05) is 24.3 Å². The molecule has 0 radical (unpaired) electrons. The Hall–Kier alpha value is -4.03. The van der Waals surface area contributed by atoms with E-state index in [0.717, 1.165) is 5.56 Å². The summed E-state index contributed by atoms with van der Waals surface area (Å²) in [6, 6.07) is 16.3. The van der Waals surface area contributed by atoms with E-state index in [-0.39, 0.29) is 12.0 Å². The molecule has 3 aromatic carbocycles. The van der Waals surface area contributed by atoms with Crippen molar-refractivity contribution in [3.63, 3.8) is 0 Å². The van der Waals surface area contributed by atoms with Crippen LogP contribution in [0.15, 0.2) is 59.1 Å². The highest BCUT2D eigenvalue weighted by atomic mass is 79.9. The summed E-state index contributed by atoms with van der Waals surface area (Å²) in [5, 5.41) is 21.6. The minimum atomic E-state index is -1.15. The molecule has 9 heteroatoms. The first-order valence-electron chi connectivity index (χ1n) is 11.0. The van der Waals surface area contributed by atoms with E-state index in [1.807, 2.05) is 19.1 Å². The molecule has 36 heavy (non-hydrogen) atoms. The van der Waals surface area contributed by atoms with Crippen molar-refractivity contribution in [2.45, 2.75) is 19.4 Å². The zero-order chi connectivity index (χ0) is 26.2. The summed E-state index contributed by atoms with van der Waals surface area (Å²) in [5.41, 5.74) is 2.84. The maximum atomic E-state index is 12.8. The molecule has 0 aromatic heterocycles. The summed E-state index contributed by atoms with van der Waals surface area (Å²) < 4.78 is 16.9. The average Bonchev–Trinajstić information content (AvgIpc) is 2.88. The fourth-order valence-corrected chi connectivity index (χ4v) is 4.10. The molecule has 0 saturated heterocycles. The number of hydrogen-bond acceptors (Lipinski definition) is 6. The van der Waals surface area contributed by atoms with Gasteiger partial charge in [0.15, 0.2) is 0 Å². The molecule has 8 nitrogen and oxygen atoms in total. The second-order valence-electron chi connectivity index (χ2n) is 7.71. The highest BCUT2D eigenvalue weighted by Crippen LogP contribution is 2.39. The fourth-order valence-electron chi connectivity index (χ4n) is 3.68. The lowest BCUT2D eigenvalue weighted by atomic mass is 9.98. The summed E-state index contributed by atoms with van der Waals surface area (Å²) in [4.78, 5) is 24.8. The van der Waals surface area contributed by atoms with E-state index in [1.54, 1.807) is 42.5 Å². The molecule has 186 valence electrons. The van der Waals surface area contributed by atoms with Gasteiger partial charge < -0.3 is 24.6 Å². The molecule has 1 atom stereocenters. The van der Waals surface area contributed by atoms with Gasteiger partial charge in [-0.15, -0.1) is 0 Å². The molecule has 0 aliphatic rings. The molecule has 0 spiro atoms. The summed E-state index contributed by atoms with van der Waals surface area (Å²) >= 11 is 3.34. The van der Waals surface area contributed by atoms with E-state index < -0.39 is 17.9 Å². The van der Waals surface area contributed by atoms with Gasteiger partial charge in [0.25, 0.3) is 5.91 Å². The minimum absolute atomic E-state index is 0.0752. The fraction of sp³-hybridized carbons (Fsp3) is 0.222. The van der Waals surface area contributed by atoms with Gasteiger partial charge >= 0.3 is 5.97 Å². The Bertz CT molecular complexity index is 1280. The lowest BCUT2D eigenvalue weighted by molar-refractivity contribution is -0.139. The Labute approximate surface area is 217 Å². The van der Waals surface area contributed by atoms with Crippen LogP contribution in [0.25, 0.3) is 11.1 Å². The van der Waals surface area contributed by atoms with Gasteiger partial charge in [0.05, 0.1) is 43.6 Å². The quantitative estimate of drug-likeness (QED) is 0.369. The molecule has 0 saturated carbocycles. The van der Waals surface area contributed by atoms with E-state index in [0.29, 0.717) is 45.0 Å². The average molecular weight is 553 g/mol. The van der Waals surface area contributed by atoms with E-state index >= 15 is 0 Å². The number of carboxylic acids is 1. The largest absolute Gasteiger partial charge is 0.496 e. The van der Waals surface area contributed by atoms with Gasteiger partial charge in [0.1, 0.15) is 23.3 Å². The van der Waals surface area contributed by atoms with Crippen LogP contribution >= 0.6 is 15.9 Å². The zero-order valence-electron chi connectivity index (χ0n) is 20.0.